The number of ether oxygens (including phenoxy) is 1. The van der Waals surface area contributed by atoms with Crippen molar-refractivity contribution in [2.75, 3.05) is 5.32 Å². The summed E-state index contributed by atoms with van der Waals surface area (Å²) in [6.07, 6.45) is 0.00286. The van der Waals surface area contributed by atoms with Crippen molar-refractivity contribution in [2.24, 2.45) is 0 Å². The Morgan fingerprint density at radius 3 is 2.70 bits per heavy atom. The largest absolute Gasteiger partial charge is 0.491 e. The highest BCUT2D eigenvalue weighted by Crippen LogP contribution is 2.30. The van der Waals surface area contributed by atoms with E-state index in [-0.39, 0.29) is 23.7 Å². The first-order chi connectivity index (χ1) is 14.4. The minimum Gasteiger partial charge on any atom is -0.491 e. The van der Waals surface area contributed by atoms with E-state index in [2.05, 4.69) is 10.6 Å². The highest BCUT2D eigenvalue weighted by molar-refractivity contribution is 7.80. The van der Waals surface area contributed by atoms with Gasteiger partial charge in [0.25, 0.3) is 5.91 Å². The van der Waals surface area contributed by atoms with Crippen LogP contribution in [0, 0.1) is 0 Å². The number of thiocarbonyl (C=S) groups is 1. The average molecular weight is 445 g/mol. The van der Waals surface area contributed by atoms with Gasteiger partial charge in [-0.1, -0.05) is 17.7 Å². The van der Waals surface area contributed by atoms with Gasteiger partial charge in [0.05, 0.1) is 16.8 Å². The Bertz CT molecular complexity index is 1060. The smallest absolute Gasteiger partial charge is 0.257 e. The molecule has 0 atom stereocenters. The lowest BCUT2D eigenvalue weighted by molar-refractivity contribution is 0.0977. The molecular weight excluding hydrogens is 424 g/mol. The molecule has 0 aliphatic carbocycles. The van der Waals surface area contributed by atoms with Gasteiger partial charge in [-0.2, -0.15) is 0 Å². The Kier molecular flexibility index (Phi) is 7.10. The summed E-state index contributed by atoms with van der Waals surface area (Å²) in [5.41, 5.74) is 1.68. The number of aliphatic hydroxyl groups is 1. The number of benzene rings is 2. The molecule has 30 heavy (non-hydrogen) atoms. The molecule has 8 heteroatoms. The van der Waals surface area contributed by atoms with Gasteiger partial charge in [0, 0.05) is 11.1 Å². The SMILES string of the molecule is CC(C)Oc1cccc(C(=O)NC(=S)Nc2cc(-c3ccc(CO)o3)ccc2Cl)c1. The lowest BCUT2D eigenvalue weighted by Gasteiger charge is -2.13. The standard InChI is InChI=1S/C22H21ClN2O4S/c1-13(2)28-16-5-3-4-15(10-16)21(27)25-22(30)24-19-11-14(6-8-18(19)23)20-9-7-17(12-26)29-20/h3-11,13,26H,12H2,1-2H3,(H2,24,25,27,30). The van der Waals surface area contributed by atoms with E-state index in [0.717, 1.165) is 5.56 Å². The van der Waals surface area contributed by atoms with Crippen LogP contribution in [0.4, 0.5) is 5.69 Å². The number of furan rings is 1. The Morgan fingerprint density at radius 1 is 1.20 bits per heavy atom. The minimum atomic E-state index is -0.368. The number of carbonyl (C=O) groups excluding carboxylic acids is 1. The van der Waals surface area contributed by atoms with Crippen LogP contribution in [0.15, 0.2) is 59.0 Å². The van der Waals surface area contributed by atoms with Crippen molar-refractivity contribution in [3.63, 3.8) is 0 Å². The van der Waals surface area contributed by atoms with Gasteiger partial charge in [-0.3, -0.25) is 10.1 Å². The van der Waals surface area contributed by atoms with Crippen molar-refractivity contribution >= 4 is 40.5 Å². The molecule has 6 nitrogen and oxygen atoms in total. The van der Waals surface area contributed by atoms with Gasteiger partial charge in [-0.25, -0.2) is 0 Å². The first-order valence-corrected chi connectivity index (χ1v) is 10.0. The summed E-state index contributed by atoms with van der Waals surface area (Å²) in [6.45, 7) is 3.65. The van der Waals surface area contributed by atoms with Crippen molar-refractivity contribution in [2.45, 2.75) is 26.6 Å². The van der Waals surface area contributed by atoms with Gasteiger partial charge in [0.15, 0.2) is 5.11 Å². The third-order valence-electron chi connectivity index (χ3n) is 4.01. The topological polar surface area (TPSA) is 83.7 Å². The summed E-state index contributed by atoms with van der Waals surface area (Å²) in [7, 11) is 0. The van der Waals surface area contributed by atoms with E-state index in [0.29, 0.717) is 33.5 Å². The molecule has 2 aromatic carbocycles. The fourth-order valence-corrected chi connectivity index (χ4v) is 3.07. The number of hydrogen-bond acceptors (Lipinski definition) is 5. The summed E-state index contributed by atoms with van der Waals surface area (Å²) >= 11 is 11.5. The average Bonchev–Trinajstić information content (AvgIpc) is 3.18. The molecule has 0 bridgehead atoms. The zero-order valence-electron chi connectivity index (χ0n) is 16.4. The zero-order chi connectivity index (χ0) is 21.7. The normalized spacial score (nSPS) is 10.7. The molecule has 3 rings (SSSR count). The van der Waals surface area contributed by atoms with Gasteiger partial charge in [0.2, 0.25) is 0 Å². The number of rotatable bonds is 6. The number of anilines is 1. The summed E-state index contributed by atoms with van der Waals surface area (Å²) in [5, 5.41) is 15.3. The Morgan fingerprint density at radius 2 is 2.00 bits per heavy atom. The number of aliphatic hydroxyl groups excluding tert-OH is 1. The summed E-state index contributed by atoms with van der Waals surface area (Å²) in [6, 6.07) is 15.5. The Labute approximate surface area is 184 Å². The van der Waals surface area contributed by atoms with E-state index in [1.54, 1.807) is 54.6 Å². The second-order valence-corrected chi connectivity index (χ2v) is 7.54. The first-order valence-electron chi connectivity index (χ1n) is 9.24. The van der Waals surface area contributed by atoms with Crippen LogP contribution >= 0.6 is 23.8 Å². The number of carbonyl (C=O) groups is 1. The molecule has 3 N–H and O–H groups in total. The predicted octanol–water partition coefficient (Wildman–Crippen LogP) is 5.01. The highest BCUT2D eigenvalue weighted by Gasteiger charge is 2.12. The fraction of sp³-hybridized carbons (Fsp3) is 0.182. The maximum Gasteiger partial charge on any atom is 0.257 e. The molecule has 0 unspecified atom stereocenters. The van der Waals surface area contributed by atoms with Crippen molar-refractivity contribution in [3.05, 3.63) is 70.9 Å². The molecule has 156 valence electrons. The Hall–Kier alpha value is -2.87. The molecule has 1 aromatic heterocycles. The molecule has 1 amide bonds. The summed E-state index contributed by atoms with van der Waals surface area (Å²) in [5.74, 6) is 1.28. The molecule has 0 radical (unpaired) electrons. The zero-order valence-corrected chi connectivity index (χ0v) is 18.0. The maximum absolute atomic E-state index is 12.5. The van der Waals surface area contributed by atoms with Gasteiger partial charge in [0.1, 0.15) is 23.9 Å². The first kappa shape index (κ1) is 21.8. The number of amides is 1. The molecule has 3 aromatic rings. The summed E-state index contributed by atoms with van der Waals surface area (Å²) < 4.78 is 11.2. The fourth-order valence-electron chi connectivity index (χ4n) is 2.70. The van der Waals surface area contributed by atoms with E-state index in [9.17, 15) is 4.79 Å². The quantitative estimate of drug-likeness (QED) is 0.464. The second-order valence-electron chi connectivity index (χ2n) is 6.72. The maximum atomic E-state index is 12.5. The molecule has 0 saturated carbocycles. The van der Waals surface area contributed by atoms with Gasteiger partial charge in [-0.15, -0.1) is 0 Å². The van der Waals surface area contributed by atoms with E-state index in [1.165, 1.54) is 0 Å². The second kappa shape index (κ2) is 9.75. The van der Waals surface area contributed by atoms with Gasteiger partial charge in [-0.05, 0) is 74.6 Å². The van der Waals surface area contributed by atoms with Crippen LogP contribution in [0.1, 0.15) is 30.0 Å². The van der Waals surface area contributed by atoms with Crippen LogP contribution in [-0.2, 0) is 6.61 Å². The number of nitrogens with one attached hydrogen (secondary N) is 2. The lowest BCUT2D eigenvalue weighted by Crippen LogP contribution is -2.34. The minimum absolute atomic E-state index is 0.00286. The molecule has 0 saturated heterocycles. The molecular formula is C22H21ClN2O4S. The van der Waals surface area contributed by atoms with Crippen LogP contribution in [0.5, 0.6) is 5.75 Å². The molecule has 0 aliphatic rings. The molecule has 0 spiro atoms. The summed E-state index contributed by atoms with van der Waals surface area (Å²) in [4.78, 5) is 12.5. The van der Waals surface area contributed by atoms with Crippen LogP contribution in [0.2, 0.25) is 5.02 Å². The monoisotopic (exact) mass is 444 g/mol. The molecule has 0 aliphatic heterocycles. The van der Waals surface area contributed by atoms with Crippen LogP contribution in [0.3, 0.4) is 0 Å². The number of hydrogen-bond donors (Lipinski definition) is 3. The van der Waals surface area contributed by atoms with E-state index >= 15 is 0 Å². The third-order valence-corrected chi connectivity index (χ3v) is 4.55. The van der Waals surface area contributed by atoms with E-state index in [1.807, 2.05) is 13.8 Å². The van der Waals surface area contributed by atoms with Crippen molar-refractivity contribution in [1.29, 1.82) is 0 Å². The van der Waals surface area contributed by atoms with Gasteiger partial charge >= 0.3 is 0 Å². The van der Waals surface area contributed by atoms with Gasteiger partial charge < -0.3 is 19.6 Å². The van der Waals surface area contributed by atoms with E-state index in [4.69, 9.17) is 38.1 Å². The van der Waals surface area contributed by atoms with Crippen LogP contribution in [0.25, 0.3) is 11.3 Å². The van der Waals surface area contributed by atoms with Crippen LogP contribution < -0.4 is 15.4 Å². The Balaban J connectivity index is 1.70. The highest BCUT2D eigenvalue weighted by atomic mass is 35.5. The van der Waals surface area contributed by atoms with E-state index < -0.39 is 0 Å². The number of halogens is 1. The lowest BCUT2D eigenvalue weighted by atomic mass is 10.1. The van der Waals surface area contributed by atoms with Crippen LogP contribution in [-0.4, -0.2) is 22.2 Å². The molecule has 1 heterocycles. The molecule has 0 fully saturated rings. The predicted molar refractivity (Wildman–Crippen MR) is 121 cm³/mol. The van der Waals surface area contributed by atoms with Crippen molar-refractivity contribution in [1.82, 2.24) is 5.32 Å². The third kappa shape index (κ3) is 5.60. The van der Waals surface area contributed by atoms with Crippen molar-refractivity contribution < 1.29 is 19.1 Å². The van der Waals surface area contributed by atoms with Crippen molar-refractivity contribution in [3.8, 4) is 17.1 Å².